The second-order valence-corrected chi connectivity index (χ2v) is 4.69. The third-order valence-electron chi connectivity index (χ3n) is 2.94. The highest BCUT2D eigenvalue weighted by molar-refractivity contribution is 5.72. The van der Waals surface area contributed by atoms with Crippen molar-refractivity contribution in [2.45, 2.75) is 46.0 Å². The topological polar surface area (TPSA) is 101 Å². The molecule has 19 heavy (non-hydrogen) atoms. The lowest BCUT2D eigenvalue weighted by atomic mass is 9.99. The van der Waals surface area contributed by atoms with Gasteiger partial charge < -0.3 is 14.9 Å². The number of carbonyl (C=O) groups excluding carboxylic acids is 1. The molecule has 0 rings (SSSR count). The number of aliphatic carboxylic acids is 2. The summed E-state index contributed by atoms with van der Waals surface area (Å²) < 4.78 is 5.07. The third-order valence-corrected chi connectivity index (χ3v) is 2.94. The van der Waals surface area contributed by atoms with E-state index in [-0.39, 0.29) is 37.3 Å². The van der Waals surface area contributed by atoms with Crippen LogP contribution in [0.2, 0.25) is 0 Å². The summed E-state index contributed by atoms with van der Waals surface area (Å²) in [5, 5.41) is 17.3. The number of esters is 1. The van der Waals surface area contributed by atoms with Gasteiger partial charge in [-0.25, -0.2) is 0 Å². The van der Waals surface area contributed by atoms with Gasteiger partial charge in [-0.2, -0.15) is 0 Å². The van der Waals surface area contributed by atoms with E-state index in [1.807, 2.05) is 6.92 Å². The van der Waals surface area contributed by atoms with Crippen LogP contribution in [0, 0.1) is 11.8 Å². The second-order valence-electron chi connectivity index (χ2n) is 4.69. The molecule has 0 saturated carbocycles. The monoisotopic (exact) mass is 274 g/mol. The molecule has 110 valence electrons. The quantitative estimate of drug-likeness (QED) is 0.590. The Balaban J connectivity index is 4.15. The molecule has 6 heteroatoms. The average molecular weight is 274 g/mol. The van der Waals surface area contributed by atoms with E-state index in [1.54, 1.807) is 6.92 Å². The van der Waals surface area contributed by atoms with Crippen molar-refractivity contribution >= 4 is 17.9 Å². The SMILES string of the molecule is CCC(C)C(=O)OCC(CCCC(=O)O)CC(=O)O. The summed E-state index contributed by atoms with van der Waals surface area (Å²) >= 11 is 0. The predicted octanol–water partition coefficient (Wildman–Crippen LogP) is 1.92. The van der Waals surface area contributed by atoms with Crippen molar-refractivity contribution in [1.29, 1.82) is 0 Å². The zero-order valence-electron chi connectivity index (χ0n) is 11.4. The number of rotatable bonds is 10. The summed E-state index contributed by atoms with van der Waals surface area (Å²) in [5.41, 5.74) is 0. The molecule has 0 heterocycles. The molecule has 2 unspecified atom stereocenters. The summed E-state index contributed by atoms with van der Waals surface area (Å²) in [6.45, 7) is 3.65. The molecular weight excluding hydrogens is 252 g/mol. The minimum atomic E-state index is -0.972. The molecule has 0 aliphatic rings. The Kier molecular flexibility index (Phi) is 8.57. The molecule has 2 atom stereocenters. The Morgan fingerprint density at radius 1 is 1.16 bits per heavy atom. The minimum Gasteiger partial charge on any atom is -0.481 e. The van der Waals surface area contributed by atoms with Gasteiger partial charge in [0.25, 0.3) is 0 Å². The first-order valence-electron chi connectivity index (χ1n) is 6.47. The molecule has 0 spiro atoms. The zero-order chi connectivity index (χ0) is 14.8. The van der Waals surface area contributed by atoms with E-state index in [9.17, 15) is 14.4 Å². The van der Waals surface area contributed by atoms with Gasteiger partial charge >= 0.3 is 17.9 Å². The summed E-state index contributed by atoms with van der Waals surface area (Å²) in [5.74, 6) is -2.75. The van der Waals surface area contributed by atoms with E-state index >= 15 is 0 Å². The van der Waals surface area contributed by atoms with Crippen LogP contribution in [-0.4, -0.2) is 34.7 Å². The number of ether oxygens (including phenoxy) is 1. The van der Waals surface area contributed by atoms with Crippen LogP contribution in [0.5, 0.6) is 0 Å². The highest BCUT2D eigenvalue weighted by Crippen LogP contribution is 2.15. The van der Waals surface area contributed by atoms with Crippen molar-refractivity contribution < 1.29 is 29.3 Å². The fourth-order valence-electron chi connectivity index (χ4n) is 1.54. The summed E-state index contributed by atoms with van der Waals surface area (Å²) in [4.78, 5) is 32.6. The highest BCUT2D eigenvalue weighted by atomic mass is 16.5. The maximum absolute atomic E-state index is 11.5. The molecule has 0 amide bonds. The fourth-order valence-corrected chi connectivity index (χ4v) is 1.54. The Labute approximate surface area is 112 Å². The van der Waals surface area contributed by atoms with E-state index in [1.165, 1.54) is 0 Å². The zero-order valence-corrected chi connectivity index (χ0v) is 11.4. The molecular formula is C13H22O6. The summed E-state index contributed by atoms with van der Waals surface area (Å²) in [6.07, 6.45) is 1.35. The molecule has 0 aliphatic carbocycles. The van der Waals surface area contributed by atoms with Gasteiger partial charge in [0.2, 0.25) is 0 Å². The number of hydrogen-bond acceptors (Lipinski definition) is 4. The molecule has 0 fully saturated rings. The van der Waals surface area contributed by atoms with E-state index in [4.69, 9.17) is 14.9 Å². The van der Waals surface area contributed by atoms with Crippen molar-refractivity contribution in [2.24, 2.45) is 11.8 Å². The molecule has 0 aromatic carbocycles. The van der Waals surface area contributed by atoms with E-state index < -0.39 is 11.9 Å². The first-order chi connectivity index (χ1) is 8.86. The van der Waals surface area contributed by atoms with E-state index in [0.29, 0.717) is 19.3 Å². The molecule has 6 nitrogen and oxygen atoms in total. The van der Waals surface area contributed by atoms with Crippen LogP contribution in [0.25, 0.3) is 0 Å². The Morgan fingerprint density at radius 3 is 2.26 bits per heavy atom. The van der Waals surface area contributed by atoms with Gasteiger partial charge in [-0.1, -0.05) is 13.8 Å². The van der Waals surface area contributed by atoms with Gasteiger partial charge in [-0.15, -0.1) is 0 Å². The third kappa shape index (κ3) is 9.04. The van der Waals surface area contributed by atoms with Crippen molar-refractivity contribution in [1.82, 2.24) is 0 Å². The highest BCUT2D eigenvalue weighted by Gasteiger charge is 2.18. The predicted molar refractivity (Wildman–Crippen MR) is 67.6 cm³/mol. The van der Waals surface area contributed by atoms with Crippen LogP contribution < -0.4 is 0 Å². The Hall–Kier alpha value is -1.59. The van der Waals surface area contributed by atoms with Crippen LogP contribution in [0.4, 0.5) is 0 Å². The average Bonchev–Trinajstić information content (AvgIpc) is 2.33. The molecule has 0 bridgehead atoms. The largest absolute Gasteiger partial charge is 0.481 e. The lowest BCUT2D eigenvalue weighted by Crippen LogP contribution is -2.21. The lowest BCUT2D eigenvalue weighted by molar-refractivity contribution is -0.151. The number of carboxylic acid groups (broad SMARTS) is 2. The lowest BCUT2D eigenvalue weighted by Gasteiger charge is -2.16. The first kappa shape index (κ1) is 17.4. The smallest absolute Gasteiger partial charge is 0.308 e. The van der Waals surface area contributed by atoms with Crippen LogP contribution in [0.3, 0.4) is 0 Å². The Morgan fingerprint density at radius 2 is 1.79 bits per heavy atom. The van der Waals surface area contributed by atoms with Gasteiger partial charge in [-0.05, 0) is 19.3 Å². The van der Waals surface area contributed by atoms with Gasteiger partial charge in [0.05, 0.1) is 18.9 Å². The second kappa shape index (κ2) is 9.35. The molecule has 0 aliphatic heterocycles. The fraction of sp³-hybridized carbons (Fsp3) is 0.769. The maximum Gasteiger partial charge on any atom is 0.308 e. The molecule has 0 saturated heterocycles. The number of carbonyl (C=O) groups is 3. The minimum absolute atomic E-state index is 0.00454. The van der Waals surface area contributed by atoms with Crippen LogP contribution in [0.15, 0.2) is 0 Å². The molecule has 0 aromatic rings. The number of hydrogen-bond donors (Lipinski definition) is 2. The van der Waals surface area contributed by atoms with Crippen molar-refractivity contribution in [3.05, 3.63) is 0 Å². The van der Waals surface area contributed by atoms with Gasteiger partial charge in [0, 0.05) is 12.3 Å². The van der Waals surface area contributed by atoms with Crippen LogP contribution in [0.1, 0.15) is 46.0 Å². The summed E-state index contributed by atoms with van der Waals surface area (Å²) in [6, 6.07) is 0. The standard InChI is InChI=1S/C13H22O6/c1-3-9(2)13(18)19-8-10(7-12(16)17)5-4-6-11(14)15/h9-10H,3-8H2,1-2H3,(H,14,15)(H,16,17). The molecule has 2 N–H and O–H groups in total. The first-order valence-corrected chi connectivity index (χ1v) is 6.47. The van der Waals surface area contributed by atoms with Gasteiger partial charge in [-0.3, -0.25) is 14.4 Å². The van der Waals surface area contributed by atoms with Crippen molar-refractivity contribution in [3.8, 4) is 0 Å². The van der Waals surface area contributed by atoms with Crippen LogP contribution >= 0.6 is 0 Å². The molecule has 0 radical (unpaired) electrons. The van der Waals surface area contributed by atoms with Gasteiger partial charge in [0.15, 0.2) is 0 Å². The van der Waals surface area contributed by atoms with Crippen LogP contribution in [-0.2, 0) is 19.1 Å². The summed E-state index contributed by atoms with van der Waals surface area (Å²) in [7, 11) is 0. The van der Waals surface area contributed by atoms with Crippen molar-refractivity contribution in [2.75, 3.05) is 6.61 Å². The van der Waals surface area contributed by atoms with E-state index in [0.717, 1.165) is 0 Å². The molecule has 0 aromatic heterocycles. The maximum atomic E-state index is 11.5. The van der Waals surface area contributed by atoms with Crippen molar-refractivity contribution in [3.63, 3.8) is 0 Å². The number of carboxylic acids is 2. The van der Waals surface area contributed by atoms with E-state index in [2.05, 4.69) is 0 Å². The Bertz CT molecular complexity index is 312. The van der Waals surface area contributed by atoms with Gasteiger partial charge in [0.1, 0.15) is 0 Å². The normalized spacial score (nSPS) is 13.6.